The maximum Gasteiger partial charge on any atom is 0.267 e. The SMILES string of the molecule is NC(=O)C1CCCN(CCCNC(=O)C(=Cc2ccco2)NC(=O)c2ccccc2)C1. The van der Waals surface area contributed by atoms with Gasteiger partial charge in [0.15, 0.2) is 0 Å². The highest BCUT2D eigenvalue weighted by atomic mass is 16.3. The lowest BCUT2D eigenvalue weighted by atomic mass is 9.97. The number of rotatable bonds is 9. The van der Waals surface area contributed by atoms with Crippen LogP contribution in [0, 0.1) is 5.92 Å². The Kier molecular flexibility index (Phi) is 8.00. The molecule has 31 heavy (non-hydrogen) atoms. The number of nitrogens with one attached hydrogen (secondary N) is 2. The summed E-state index contributed by atoms with van der Waals surface area (Å²) >= 11 is 0. The van der Waals surface area contributed by atoms with E-state index in [1.165, 1.54) is 12.3 Å². The van der Waals surface area contributed by atoms with Crippen LogP contribution in [-0.4, -0.2) is 48.8 Å². The Morgan fingerprint density at radius 2 is 1.97 bits per heavy atom. The van der Waals surface area contributed by atoms with Gasteiger partial charge in [-0.15, -0.1) is 0 Å². The van der Waals surface area contributed by atoms with E-state index in [1.54, 1.807) is 36.4 Å². The van der Waals surface area contributed by atoms with Crippen LogP contribution in [-0.2, 0) is 9.59 Å². The van der Waals surface area contributed by atoms with Gasteiger partial charge in [-0.25, -0.2) is 0 Å². The minimum Gasteiger partial charge on any atom is -0.465 e. The molecule has 8 nitrogen and oxygen atoms in total. The normalized spacial score (nSPS) is 17.2. The summed E-state index contributed by atoms with van der Waals surface area (Å²) in [5.74, 6) is -0.655. The van der Waals surface area contributed by atoms with Crippen LogP contribution < -0.4 is 16.4 Å². The van der Waals surface area contributed by atoms with Crippen LogP contribution in [0.2, 0.25) is 0 Å². The van der Waals surface area contributed by atoms with Crippen LogP contribution in [0.1, 0.15) is 35.4 Å². The fourth-order valence-electron chi connectivity index (χ4n) is 3.55. The molecule has 1 aromatic heterocycles. The number of carbonyl (C=O) groups excluding carboxylic acids is 3. The molecule has 1 aliphatic rings. The van der Waals surface area contributed by atoms with Gasteiger partial charge in [0.1, 0.15) is 11.5 Å². The summed E-state index contributed by atoms with van der Waals surface area (Å²) in [5, 5.41) is 5.51. The molecule has 3 rings (SSSR count). The number of nitrogens with zero attached hydrogens (tertiary/aromatic N) is 1. The number of benzene rings is 1. The van der Waals surface area contributed by atoms with E-state index in [4.69, 9.17) is 10.2 Å². The van der Waals surface area contributed by atoms with E-state index in [1.807, 2.05) is 6.07 Å². The van der Waals surface area contributed by atoms with E-state index in [0.29, 0.717) is 24.4 Å². The summed E-state index contributed by atoms with van der Waals surface area (Å²) in [6.45, 7) is 2.79. The molecular formula is C23H28N4O4. The molecular weight excluding hydrogens is 396 g/mol. The summed E-state index contributed by atoms with van der Waals surface area (Å²) in [7, 11) is 0. The Balaban J connectivity index is 1.54. The number of piperidine rings is 1. The first-order valence-corrected chi connectivity index (χ1v) is 10.4. The van der Waals surface area contributed by atoms with Crippen molar-refractivity contribution in [1.82, 2.24) is 15.5 Å². The third kappa shape index (κ3) is 6.82. The molecule has 1 saturated heterocycles. The number of likely N-dealkylation sites (tertiary alicyclic amines) is 1. The third-order valence-electron chi connectivity index (χ3n) is 5.20. The van der Waals surface area contributed by atoms with E-state index >= 15 is 0 Å². The summed E-state index contributed by atoms with van der Waals surface area (Å²) < 4.78 is 5.28. The van der Waals surface area contributed by atoms with E-state index in [0.717, 1.165) is 32.4 Å². The van der Waals surface area contributed by atoms with Gasteiger partial charge in [0.25, 0.3) is 11.8 Å². The molecule has 1 atom stereocenters. The topological polar surface area (TPSA) is 118 Å². The lowest BCUT2D eigenvalue weighted by Crippen LogP contribution is -2.42. The maximum absolute atomic E-state index is 12.7. The lowest BCUT2D eigenvalue weighted by Gasteiger charge is -2.31. The molecule has 1 fully saturated rings. The van der Waals surface area contributed by atoms with Gasteiger partial charge in [-0.05, 0) is 56.6 Å². The summed E-state index contributed by atoms with van der Waals surface area (Å²) in [5.41, 5.74) is 5.98. The molecule has 1 aliphatic heterocycles. The average molecular weight is 425 g/mol. The zero-order valence-corrected chi connectivity index (χ0v) is 17.4. The second-order valence-electron chi connectivity index (χ2n) is 7.55. The number of amides is 3. The van der Waals surface area contributed by atoms with Crippen molar-refractivity contribution in [3.05, 3.63) is 65.7 Å². The molecule has 0 bridgehead atoms. The quantitative estimate of drug-likeness (QED) is 0.419. The largest absolute Gasteiger partial charge is 0.465 e. The maximum atomic E-state index is 12.7. The Morgan fingerprint density at radius 3 is 2.68 bits per heavy atom. The molecule has 0 radical (unpaired) electrons. The zero-order valence-electron chi connectivity index (χ0n) is 17.4. The van der Waals surface area contributed by atoms with Gasteiger partial charge in [-0.3, -0.25) is 14.4 Å². The molecule has 1 aromatic carbocycles. The minimum atomic E-state index is -0.394. The van der Waals surface area contributed by atoms with Gasteiger partial charge in [0.2, 0.25) is 5.91 Å². The van der Waals surface area contributed by atoms with E-state index in [2.05, 4.69) is 15.5 Å². The van der Waals surface area contributed by atoms with Crippen LogP contribution in [0.15, 0.2) is 58.8 Å². The lowest BCUT2D eigenvalue weighted by molar-refractivity contribution is -0.123. The van der Waals surface area contributed by atoms with Crippen molar-refractivity contribution < 1.29 is 18.8 Å². The zero-order chi connectivity index (χ0) is 22.1. The standard InChI is InChI=1S/C23H28N4O4/c24-21(28)18-9-4-12-27(16-18)13-6-11-25-23(30)20(15-19-10-5-14-31-19)26-22(29)17-7-2-1-3-8-17/h1-3,5,7-8,10,14-15,18H,4,6,9,11-13,16H2,(H2,24,28)(H,25,30)(H,26,29). The highest BCUT2D eigenvalue weighted by Crippen LogP contribution is 2.16. The van der Waals surface area contributed by atoms with Crippen molar-refractivity contribution in [1.29, 1.82) is 0 Å². The van der Waals surface area contributed by atoms with Gasteiger partial charge in [-0.1, -0.05) is 18.2 Å². The van der Waals surface area contributed by atoms with E-state index in [9.17, 15) is 14.4 Å². The molecule has 0 saturated carbocycles. The Bertz CT molecular complexity index is 909. The first kappa shape index (κ1) is 22.3. The van der Waals surface area contributed by atoms with Crippen LogP contribution in [0.4, 0.5) is 0 Å². The first-order valence-electron chi connectivity index (χ1n) is 10.4. The number of nitrogens with two attached hydrogens (primary N) is 1. The van der Waals surface area contributed by atoms with E-state index < -0.39 is 5.91 Å². The predicted octanol–water partition coefficient (Wildman–Crippen LogP) is 1.75. The molecule has 0 spiro atoms. The van der Waals surface area contributed by atoms with Crippen molar-refractivity contribution in [3.63, 3.8) is 0 Å². The average Bonchev–Trinajstić information content (AvgIpc) is 3.30. The summed E-state index contributed by atoms with van der Waals surface area (Å²) in [4.78, 5) is 38.8. The van der Waals surface area contributed by atoms with Gasteiger partial charge < -0.3 is 25.7 Å². The van der Waals surface area contributed by atoms with Crippen molar-refractivity contribution in [2.75, 3.05) is 26.2 Å². The fourth-order valence-corrected chi connectivity index (χ4v) is 3.55. The smallest absolute Gasteiger partial charge is 0.267 e. The van der Waals surface area contributed by atoms with Crippen molar-refractivity contribution in [2.24, 2.45) is 11.7 Å². The number of primary amides is 1. The Morgan fingerprint density at radius 1 is 1.16 bits per heavy atom. The highest BCUT2D eigenvalue weighted by Gasteiger charge is 2.23. The molecule has 0 aliphatic carbocycles. The Hall–Kier alpha value is -3.39. The van der Waals surface area contributed by atoms with E-state index in [-0.39, 0.29) is 23.4 Å². The Labute approximate surface area is 181 Å². The highest BCUT2D eigenvalue weighted by molar-refractivity contribution is 6.05. The monoisotopic (exact) mass is 424 g/mol. The number of hydrogen-bond donors (Lipinski definition) is 3. The molecule has 8 heteroatoms. The molecule has 164 valence electrons. The van der Waals surface area contributed by atoms with Crippen LogP contribution >= 0.6 is 0 Å². The van der Waals surface area contributed by atoms with Crippen molar-refractivity contribution >= 4 is 23.8 Å². The molecule has 1 unspecified atom stereocenters. The van der Waals surface area contributed by atoms with Crippen LogP contribution in [0.25, 0.3) is 6.08 Å². The van der Waals surface area contributed by atoms with Crippen molar-refractivity contribution in [3.8, 4) is 0 Å². The van der Waals surface area contributed by atoms with Gasteiger partial charge in [-0.2, -0.15) is 0 Å². The number of furan rings is 1. The number of carbonyl (C=O) groups is 3. The molecule has 2 aromatic rings. The predicted molar refractivity (Wildman–Crippen MR) is 117 cm³/mol. The molecule has 4 N–H and O–H groups in total. The summed E-state index contributed by atoms with van der Waals surface area (Å²) in [6, 6.07) is 12.1. The van der Waals surface area contributed by atoms with Crippen molar-refractivity contribution in [2.45, 2.75) is 19.3 Å². The fraction of sp³-hybridized carbons (Fsp3) is 0.348. The number of hydrogen-bond acceptors (Lipinski definition) is 5. The van der Waals surface area contributed by atoms with Gasteiger partial charge >= 0.3 is 0 Å². The minimum absolute atomic E-state index is 0.0978. The second-order valence-corrected chi connectivity index (χ2v) is 7.55. The van der Waals surface area contributed by atoms with Gasteiger partial charge in [0, 0.05) is 24.7 Å². The van der Waals surface area contributed by atoms with Gasteiger partial charge in [0.05, 0.1) is 12.2 Å². The first-order chi connectivity index (χ1) is 15.0. The van der Waals surface area contributed by atoms with Crippen LogP contribution in [0.3, 0.4) is 0 Å². The van der Waals surface area contributed by atoms with Crippen LogP contribution in [0.5, 0.6) is 0 Å². The molecule has 2 heterocycles. The second kappa shape index (κ2) is 11.1. The third-order valence-corrected chi connectivity index (χ3v) is 5.20. The molecule has 3 amide bonds. The summed E-state index contributed by atoms with van der Waals surface area (Å²) in [6.07, 6.45) is 5.50.